The molecule has 1 unspecified atom stereocenters. The van der Waals surface area contributed by atoms with Crippen LogP contribution in [0, 0.1) is 11.8 Å². The molecule has 6 atom stereocenters. The molecule has 6 rings (SSSR count). The quantitative estimate of drug-likeness (QED) is 0.525. The molecule has 2 fully saturated rings. The van der Waals surface area contributed by atoms with Gasteiger partial charge in [-0.25, -0.2) is 0 Å². The van der Waals surface area contributed by atoms with Crippen molar-refractivity contribution in [2.75, 3.05) is 31.1 Å². The Morgan fingerprint density at radius 3 is 2.39 bits per heavy atom. The van der Waals surface area contributed by atoms with Crippen molar-refractivity contribution in [1.29, 1.82) is 0 Å². The first kappa shape index (κ1) is 27.7. The summed E-state index contributed by atoms with van der Waals surface area (Å²) < 4.78 is 7.03. The fraction of sp³-hybridized carbons (Fsp3) is 0.485. The summed E-state index contributed by atoms with van der Waals surface area (Å²) in [5.74, 6) is -2.31. The predicted octanol–water partition coefficient (Wildman–Crippen LogP) is 3.68. The third-order valence-corrected chi connectivity index (χ3v) is 9.57. The number of aliphatic hydroxyl groups excluding tert-OH is 1. The highest BCUT2D eigenvalue weighted by atomic mass is 16.5. The Hall–Kier alpha value is -3.49. The number of likely N-dealkylation sites (tertiary alicyclic amines) is 1. The number of fused-ring (bicyclic) bond motifs is 3. The van der Waals surface area contributed by atoms with Gasteiger partial charge in [0.1, 0.15) is 11.6 Å². The van der Waals surface area contributed by atoms with E-state index in [1.54, 1.807) is 14.7 Å². The van der Waals surface area contributed by atoms with Gasteiger partial charge in [-0.05, 0) is 42.2 Å². The van der Waals surface area contributed by atoms with Gasteiger partial charge in [-0.3, -0.25) is 14.4 Å². The normalized spacial score (nSPS) is 31.8. The van der Waals surface area contributed by atoms with Crippen LogP contribution in [0.2, 0.25) is 0 Å². The van der Waals surface area contributed by atoms with Crippen molar-refractivity contribution < 1.29 is 24.2 Å². The first-order chi connectivity index (χ1) is 19.9. The lowest BCUT2D eigenvalue weighted by molar-refractivity contribution is -0.152. The second-order valence-electron chi connectivity index (χ2n) is 11.7. The highest BCUT2D eigenvalue weighted by Crippen LogP contribution is 2.59. The van der Waals surface area contributed by atoms with Crippen molar-refractivity contribution >= 4 is 34.2 Å². The van der Waals surface area contributed by atoms with E-state index < -0.39 is 35.1 Å². The Kier molecular flexibility index (Phi) is 7.02. The number of hydrogen-bond donors (Lipinski definition) is 1. The van der Waals surface area contributed by atoms with Crippen LogP contribution in [-0.2, 0) is 19.1 Å². The maximum Gasteiger partial charge on any atom is 0.253 e. The van der Waals surface area contributed by atoms with Crippen molar-refractivity contribution in [1.82, 2.24) is 9.80 Å². The fourth-order valence-corrected chi connectivity index (χ4v) is 7.60. The molecule has 216 valence electrons. The second kappa shape index (κ2) is 10.4. The Balaban J connectivity index is 1.51. The van der Waals surface area contributed by atoms with Gasteiger partial charge in [0.05, 0.1) is 30.1 Å². The third kappa shape index (κ3) is 3.98. The van der Waals surface area contributed by atoms with Crippen LogP contribution in [0.4, 0.5) is 5.69 Å². The summed E-state index contributed by atoms with van der Waals surface area (Å²) in [6.07, 6.45) is 9.47. The number of ether oxygens (including phenoxy) is 1. The van der Waals surface area contributed by atoms with E-state index in [-0.39, 0.29) is 24.3 Å². The van der Waals surface area contributed by atoms with Crippen molar-refractivity contribution in [2.45, 2.75) is 63.3 Å². The van der Waals surface area contributed by atoms with Crippen LogP contribution in [0.25, 0.3) is 10.8 Å². The molecule has 2 aromatic carbocycles. The van der Waals surface area contributed by atoms with E-state index in [1.165, 1.54) is 0 Å². The molecular weight excluding hydrogens is 518 g/mol. The molecule has 0 radical (unpaired) electrons. The van der Waals surface area contributed by atoms with Crippen LogP contribution >= 0.6 is 0 Å². The summed E-state index contributed by atoms with van der Waals surface area (Å²) >= 11 is 0. The van der Waals surface area contributed by atoms with Gasteiger partial charge in [0.25, 0.3) is 5.91 Å². The number of benzene rings is 2. The molecule has 1 spiro atoms. The van der Waals surface area contributed by atoms with Gasteiger partial charge >= 0.3 is 0 Å². The molecule has 2 aromatic rings. The Labute approximate surface area is 241 Å². The van der Waals surface area contributed by atoms with Crippen LogP contribution in [-0.4, -0.2) is 82.2 Å². The van der Waals surface area contributed by atoms with Crippen LogP contribution in [0.15, 0.2) is 66.8 Å². The summed E-state index contributed by atoms with van der Waals surface area (Å²) in [6.45, 7) is 6.97. The first-order valence-electron chi connectivity index (χ1n) is 14.9. The molecule has 4 heterocycles. The Bertz CT molecular complexity index is 1430. The predicted molar refractivity (Wildman–Crippen MR) is 157 cm³/mol. The molecule has 4 aliphatic heterocycles. The van der Waals surface area contributed by atoms with Gasteiger partial charge < -0.3 is 24.5 Å². The maximum absolute atomic E-state index is 14.7. The monoisotopic (exact) mass is 557 g/mol. The van der Waals surface area contributed by atoms with Crippen LogP contribution in [0.5, 0.6) is 0 Å². The number of amides is 3. The average molecular weight is 558 g/mol. The maximum atomic E-state index is 14.7. The molecule has 2 saturated heterocycles. The van der Waals surface area contributed by atoms with Gasteiger partial charge in [0, 0.05) is 25.3 Å². The zero-order chi connectivity index (χ0) is 28.9. The number of rotatable bonds is 7. The Morgan fingerprint density at radius 2 is 1.68 bits per heavy atom. The molecular formula is C33H39N3O5. The van der Waals surface area contributed by atoms with Crippen molar-refractivity contribution in [3.8, 4) is 0 Å². The van der Waals surface area contributed by atoms with Gasteiger partial charge in [-0.2, -0.15) is 0 Å². The number of aliphatic hydroxyl groups is 1. The van der Waals surface area contributed by atoms with E-state index in [2.05, 4.69) is 0 Å². The topological polar surface area (TPSA) is 90.4 Å². The number of hydrogen-bond acceptors (Lipinski definition) is 5. The first-order valence-corrected chi connectivity index (χ1v) is 14.9. The van der Waals surface area contributed by atoms with Crippen LogP contribution in [0.1, 0.15) is 40.0 Å². The summed E-state index contributed by atoms with van der Waals surface area (Å²) in [5, 5.41) is 12.5. The van der Waals surface area contributed by atoms with Crippen LogP contribution < -0.4 is 4.90 Å². The summed E-state index contributed by atoms with van der Waals surface area (Å²) in [4.78, 5) is 48.5. The summed E-state index contributed by atoms with van der Waals surface area (Å²) in [7, 11) is 0. The van der Waals surface area contributed by atoms with Gasteiger partial charge in [0.15, 0.2) is 0 Å². The molecule has 4 aliphatic rings. The minimum Gasteiger partial charge on any atom is -0.394 e. The lowest BCUT2D eigenvalue weighted by Crippen LogP contribution is -2.59. The Morgan fingerprint density at radius 1 is 0.927 bits per heavy atom. The number of anilines is 1. The lowest BCUT2D eigenvalue weighted by Gasteiger charge is -2.40. The van der Waals surface area contributed by atoms with Crippen molar-refractivity contribution in [3.05, 3.63) is 66.8 Å². The molecule has 0 bridgehead atoms. The van der Waals surface area contributed by atoms with Crippen LogP contribution in [0.3, 0.4) is 0 Å². The standard InChI is InChI=1S/C33H39N3O5/c1-4-17-34-18-9-15-32(6-3)26(29(34)38)27-30(39)36(24(5-2)21-37)28-31(40)35(19-10-16-33(27,28)41-32)25-14-13-22-11-7-8-12-23(22)20-25/h7-16,20,24,26-28,37H,4-6,17-19,21H2,1-3H3/t24-,26-,27-,28?,32+,33-/m0/s1. The highest BCUT2D eigenvalue weighted by molar-refractivity contribution is 6.07. The highest BCUT2D eigenvalue weighted by Gasteiger charge is 2.75. The SMILES string of the molecule is CCCN1CC=C[C@@]2(CC)O[C@]34C=CCN(c5ccc6ccccc6c5)C(=O)C3N([C@@H](CC)CO)C(=O)[C@@H]4[C@H]2C1=O. The molecule has 41 heavy (non-hydrogen) atoms. The molecule has 3 amide bonds. The van der Waals surface area contributed by atoms with E-state index in [0.717, 1.165) is 22.9 Å². The third-order valence-electron chi connectivity index (χ3n) is 9.57. The fourth-order valence-electron chi connectivity index (χ4n) is 7.60. The number of carbonyl (C=O) groups is 3. The average Bonchev–Trinajstić information content (AvgIpc) is 3.28. The molecule has 0 saturated carbocycles. The summed E-state index contributed by atoms with van der Waals surface area (Å²) in [5.41, 5.74) is -1.61. The van der Waals surface area contributed by atoms with Gasteiger partial charge in [-0.15, -0.1) is 0 Å². The minimum absolute atomic E-state index is 0.108. The van der Waals surface area contributed by atoms with Crippen molar-refractivity contribution in [3.63, 3.8) is 0 Å². The van der Waals surface area contributed by atoms with Gasteiger partial charge in [-0.1, -0.05) is 75.4 Å². The smallest absolute Gasteiger partial charge is 0.253 e. The zero-order valence-electron chi connectivity index (χ0n) is 24.0. The summed E-state index contributed by atoms with van der Waals surface area (Å²) in [6, 6.07) is 12.3. The second-order valence-corrected chi connectivity index (χ2v) is 11.7. The van der Waals surface area contributed by atoms with E-state index in [1.807, 2.05) is 87.5 Å². The zero-order valence-corrected chi connectivity index (χ0v) is 24.0. The minimum atomic E-state index is -1.34. The van der Waals surface area contributed by atoms with E-state index >= 15 is 0 Å². The van der Waals surface area contributed by atoms with E-state index in [4.69, 9.17) is 4.74 Å². The molecule has 1 N–H and O–H groups in total. The molecule has 0 aliphatic carbocycles. The number of nitrogens with zero attached hydrogens (tertiary/aromatic N) is 3. The molecule has 8 nitrogen and oxygen atoms in total. The van der Waals surface area contributed by atoms with E-state index in [0.29, 0.717) is 32.5 Å². The van der Waals surface area contributed by atoms with Crippen molar-refractivity contribution in [2.24, 2.45) is 11.8 Å². The largest absolute Gasteiger partial charge is 0.394 e. The van der Waals surface area contributed by atoms with Gasteiger partial charge in [0.2, 0.25) is 11.8 Å². The molecule has 0 aromatic heterocycles. The number of carbonyl (C=O) groups excluding carboxylic acids is 3. The molecule has 8 heteroatoms. The lowest BCUT2D eigenvalue weighted by atomic mass is 9.73. The van der Waals surface area contributed by atoms with E-state index in [9.17, 15) is 19.5 Å².